The van der Waals surface area contributed by atoms with Crippen molar-refractivity contribution < 1.29 is 19.4 Å². The van der Waals surface area contributed by atoms with Gasteiger partial charge in [-0.25, -0.2) is 0 Å². The van der Waals surface area contributed by atoms with Gasteiger partial charge in [0.05, 0.1) is 26.0 Å². The van der Waals surface area contributed by atoms with Gasteiger partial charge in [0.25, 0.3) is 5.91 Å². The van der Waals surface area contributed by atoms with E-state index in [1.165, 1.54) is 7.11 Å². The Bertz CT molecular complexity index is 1330. The molecule has 8 heteroatoms. The second kappa shape index (κ2) is 8.29. The summed E-state index contributed by atoms with van der Waals surface area (Å²) >= 11 is 3.46. The van der Waals surface area contributed by atoms with Crippen LogP contribution < -0.4 is 14.4 Å². The van der Waals surface area contributed by atoms with E-state index < -0.39 is 6.04 Å². The molecular formula is C25H20BrN3O4. The van der Waals surface area contributed by atoms with Crippen LogP contribution in [-0.4, -0.2) is 35.4 Å². The zero-order valence-electron chi connectivity index (χ0n) is 17.9. The van der Waals surface area contributed by atoms with Gasteiger partial charge in [0.2, 0.25) is 0 Å². The van der Waals surface area contributed by atoms with Crippen molar-refractivity contribution in [3.05, 3.63) is 88.0 Å². The lowest BCUT2D eigenvalue weighted by Gasteiger charge is -2.27. The average Bonchev–Trinajstić information content (AvgIpc) is 3.39. The molecule has 1 aliphatic heterocycles. The number of hydrogen-bond acceptors (Lipinski definition) is 5. The number of ether oxygens (including phenoxy) is 2. The Kier molecular flexibility index (Phi) is 5.30. The lowest BCUT2D eigenvalue weighted by molar-refractivity contribution is 0.0988. The first-order valence-corrected chi connectivity index (χ1v) is 11.0. The topological polar surface area (TPSA) is 87.7 Å². The first-order chi connectivity index (χ1) is 16.0. The Morgan fingerprint density at radius 2 is 1.73 bits per heavy atom. The number of nitrogens with zero attached hydrogens (tertiary/aromatic N) is 2. The lowest BCUT2D eigenvalue weighted by atomic mass is 9.95. The van der Waals surface area contributed by atoms with Gasteiger partial charge in [-0.05, 0) is 66.2 Å². The number of carbonyl (C=O) groups is 1. The largest absolute Gasteiger partial charge is 0.504 e. The van der Waals surface area contributed by atoms with E-state index >= 15 is 0 Å². The summed E-state index contributed by atoms with van der Waals surface area (Å²) in [6.45, 7) is 0. The molecule has 2 N–H and O–H groups in total. The molecule has 0 radical (unpaired) electrons. The van der Waals surface area contributed by atoms with Crippen LogP contribution in [-0.2, 0) is 0 Å². The summed E-state index contributed by atoms with van der Waals surface area (Å²) in [6.07, 6.45) is 0. The van der Waals surface area contributed by atoms with Crippen molar-refractivity contribution in [3.8, 4) is 28.5 Å². The fourth-order valence-corrected chi connectivity index (χ4v) is 4.43. The van der Waals surface area contributed by atoms with Gasteiger partial charge in [0.15, 0.2) is 11.5 Å². The van der Waals surface area contributed by atoms with Crippen molar-refractivity contribution in [2.75, 3.05) is 19.1 Å². The zero-order valence-corrected chi connectivity index (χ0v) is 19.5. The standard InChI is InChI=1S/C25H20BrN3O4/c1-32-18-10-3-14(4-11-18)22-21-23(28-27-22)25(31)29(17-8-6-16(26)7-9-17)24(21)15-5-12-19(30)20(13-15)33-2/h3-13,24,30H,1-2H3,(H,27,28). The van der Waals surface area contributed by atoms with Gasteiger partial charge >= 0.3 is 0 Å². The molecule has 33 heavy (non-hydrogen) atoms. The number of carbonyl (C=O) groups excluding carboxylic acids is 1. The maximum atomic E-state index is 13.6. The maximum Gasteiger partial charge on any atom is 0.277 e. The third kappa shape index (κ3) is 3.52. The number of halogens is 1. The Morgan fingerprint density at radius 3 is 2.39 bits per heavy atom. The molecule has 1 amide bonds. The number of aromatic hydroxyl groups is 1. The third-order valence-corrected chi connectivity index (χ3v) is 6.28. The smallest absolute Gasteiger partial charge is 0.277 e. The van der Waals surface area contributed by atoms with Crippen molar-refractivity contribution in [1.82, 2.24) is 10.2 Å². The van der Waals surface area contributed by atoms with Gasteiger partial charge in [-0.15, -0.1) is 0 Å². The number of benzene rings is 3. The summed E-state index contributed by atoms with van der Waals surface area (Å²) in [5.41, 5.74) is 4.26. The summed E-state index contributed by atoms with van der Waals surface area (Å²) in [6, 6.07) is 19.8. The number of nitrogens with one attached hydrogen (secondary N) is 1. The molecule has 4 aromatic rings. The summed E-state index contributed by atoms with van der Waals surface area (Å²) in [5.74, 6) is 0.914. The number of aromatic nitrogens is 2. The van der Waals surface area contributed by atoms with E-state index in [1.54, 1.807) is 30.2 Å². The van der Waals surface area contributed by atoms with E-state index in [0.717, 1.165) is 32.6 Å². The SMILES string of the molecule is COc1ccc(-c2n[nH]c3c2C(c2ccc(O)c(OC)c2)N(c2ccc(Br)cc2)C3=O)cc1. The highest BCUT2D eigenvalue weighted by molar-refractivity contribution is 9.10. The average molecular weight is 506 g/mol. The lowest BCUT2D eigenvalue weighted by Crippen LogP contribution is -2.29. The Hall–Kier alpha value is -3.78. The van der Waals surface area contributed by atoms with E-state index in [1.807, 2.05) is 48.5 Å². The summed E-state index contributed by atoms with van der Waals surface area (Å²) < 4.78 is 11.5. The fourth-order valence-electron chi connectivity index (χ4n) is 4.16. The number of fused-ring (bicyclic) bond motifs is 1. The van der Waals surface area contributed by atoms with Gasteiger partial charge in [-0.1, -0.05) is 22.0 Å². The number of phenols is 1. The van der Waals surface area contributed by atoms with Gasteiger partial charge in [-0.3, -0.25) is 14.8 Å². The van der Waals surface area contributed by atoms with E-state index in [2.05, 4.69) is 26.1 Å². The number of aromatic amines is 1. The second-order valence-electron chi connectivity index (χ2n) is 7.57. The molecule has 1 unspecified atom stereocenters. The summed E-state index contributed by atoms with van der Waals surface area (Å²) in [7, 11) is 3.11. The molecule has 5 rings (SSSR count). The van der Waals surface area contributed by atoms with Crippen molar-refractivity contribution in [2.45, 2.75) is 6.04 Å². The van der Waals surface area contributed by atoms with Crippen LogP contribution in [0.5, 0.6) is 17.2 Å². The number of hydrogen-bond donors (Lipinski definition) is 2. The molecule has 1 aromatic heterocycles. The van der Waals surface area contributed by atoms with Crippen LogP contribution in [0.25, 0.3) is 11.3 Å². The van der Waals surface area contributed by atoms with Crippen LogP contribution in [0.4, 0.5) is 5.69 Å². The highest BCUT2D eigenvalue weighted by Crippen LogP contribution is 2.46. The number of H-pyrrole nitrogens is 1. The normalized spacial score (nSPS) is 14.9. The molecule has 2 heterocycles. The molecule has 166 valence electrons. The minimum Gasteiger partial charge on any atom is -0.504 e. The van der Waals surface area contributed by atoms with Crippen LogP contribution in [0, 0.1) is 0 Å². The molecule has 3 aromatic carbocycles. The van der Waals surface area contributed by atoms with E-state index in [0.29, 0.717) is 17.1 Å². The number of methoxy groups -OCH3 is 2. The van der Waals surface area contributed by atoms with E-state index in [-0.39, 0.29) is 11.7 Å². The molecule has 0 spiro atoms. The van der Waals surface area contributed by atoms with Crippen LogP contribution >= 0.6 is 15.9 Å². The van der Waals surface area contributed by atoms with Crippen LogP contribution in [0.3, 0.4) is 0 Å². The fraction of sp³-hybridized carbons (Fsp3) is 0.120. The first kappa shape index (κ1) is 21.1. The predicted molar refractivity (Wildman–Crippen MR) is 128 cm³/mol. The van der Waals surface area contributed by atoms with E-state index in [4.69, 9.17) is 9.47 Å². The Labute approximate surface area is 198 Å². The van der Waals surface area contributed by atoms with Crippen molar-refractivity contribution in [2.24, 2.45) is 0 Å². The zero-order chi connectivity index (χ0) is 23.1. The number of phenolic OH excluding ortho intramolecular Hbond substituents is 1. The Morgan fingerprint density at radius 1 is 1.00 bits per heavy atom. The van der Waals surface area contributed by atoms with E-state index in [9.17, 15) is 9.90 Å². The molecule has 7 nitrogen and oxygen atoms in total. The molecule has 0 aliphatic carbocycles. The molecule has 0 fully saturated rings. The first-order valence-electron chi connectivity index (χ1n) is 10.2. The van der Waals surface area contributed by atoms with Crippen molar-refractivity contribution in [3.63, 3.8) is 0 Å². The summed E-state index contributed by atoms with van der Waals surface area (Å²) in [4.78, 5) is 15.3. The third-order valence-electron chi connectivity index (χ3n) is 5.76. The highest BCUT2D eigenvalue weighted by atomic mass is 79.9. The van der Waals surface area contributed by atoms with Crippen LogP contribution in [0.15, 0.2) is 71.2 Å². The minimum atomic E-state index is -0.473. The van der Waals surface area contributed by atoms with Gasteiger partial charge in [0.1, 0.15) is 11.4 Å². The number of rotatable bonds is 5. The van der Waals surface area contributed by atoms with Gasteiger partial charge < -0.3 is 14.6 Å². The molecule has 0 saturated carbocycles. The highest BCUT2D eigenvalue weighted by Gasteiger charge is 2.43. The Balaban J connectivity index is 1.71. The maximum absolute atomic E-state index is 13.6. The van der Waals surface area contributed by atoms with Crippen LogP contribution in [0.1, 0.15) is 27.7 Å². The monoisotopic (exact) mass is 505 g/mol. The molecule has 0 bridgehead atoms. The minimum absolute atomic E-state index is 0.0311. The summed E-state index contributed by atoms with van der Waals surface area (Å²) in [5, 5.41) is 17.6. The quantitative estimate of drug-likeness (QED) is 0.383. The van der Waals surface area contributed by atoms with Gasteiger partial charge in [-0.2, -0.15) is 5.10 Å². The number of amides is 1. The van der Waals surface area contributed by atoms with Crippen molar-refractivity contribution >= 4 is 27.5 Å². The number of anilines is 1. The molecular weight excluding hydrogens is 486 g/mol. The van der Waals surface area contributed by atoms with Gasteiger partial charge in [0, 0.05) is 21.3 Å². The molecule has 1 atom stereocenters. The van der Waals surface area contributed by atoms with Crippen LogP contribution in [0.2, 0.25) is 0 Å². The predicted octanol–water partition coefficient (Wildman–Crippen LogP) is 5.31. The molecule has 1 aliphatic rings. The molecule has 0 saturated heterocycles. The second-order valence-corrected chi connectivity index (χ2v) is 8.49. The van der Waals surface area contributed by atoms with Crippen molar-refractivity contribution in [1.29, 1.82) is 0 Å².